The van der Waals surface area contributed by atoms with Crippen LogP contribution in [0.3, 0.4) is 0 Å². The number of anilines is 2. The van der Waals surface area contributed by atoms with E-state index in [1.165, 1.54) is 6.07 Å². The van der Waals surface area contributed by atoms with Crippen molar-refractivity contribution < 1.29 is 13.2 Å². The molecule has 1 saturated heterocycles. The van der Waals surface area contributed by atoms with Crippen LogP contribution < -0.4 is 9.80 Å². The second kappa shape index (κ2) is 5.52. The lowest BCUT2D eigenvalue weighted by Gasteiger charge is -2.38. The van der Waals surface area contributed by atoms with Crippen molar-refractivity contribution in [2.24, 2.45) is 0 Å². The molecule has 1 atom stereocenters. The molecule has 1 aromatic carbocycles. The summed E-state index contributed by atoms with van der Waals surface area (Å²) in [7, 11) is 0. The molecule has 0 radical (unpaired) electrons. The van der Waals surface area contributed by atoms with Crippen molar-refractivity contribution in [1.29, 1.82) is 0 Å². The van der Waals surface area contributed by atoms with Crippen molar-refractivity contribution in [3.8, 4) is 11.3 Å². The Balaban J connectivity index is 1.64. The highest BCUT2D eigenvalue weighted by molar-refractivity contribution is 6.33. The van der Waals surface area contributed by atoms with Gasteiger partial charge in [-0.05, 0) is 37.5 Å². The van der Waals surface area contributed by atoms with Gasteiger partial charge in [0.15, 0.2) is 5.82 Å². The first-order valence-corrected chi connectivity index (χ1v) is 9.21. The van der Waals surface area contributed by atoms with E-state index in [1.807, 2.05) is 6.07 Å². The van der Waals surface area contributed by atoms with Crippen LogP contribution in [-0.4, -0.2) is 30.2 Å². The number of alkyl halides is 3. The lowest BCUT2D eigenvalue weighted by Crippen LogP contribution is -2.44. The number of rotatable bonds is 2. The number of nitrogens with zero attached hydrogens (tertiary/aromatic N) is 3. The highest BCUT2D eigenvalue weighted by Crippen LogP contribution is 2.47. The van der Waals surface area contributed by atoms with Crippen molar-refractivity contribution >= 4 is 23.1 Å². The second-order valence-corrected chi connectivity index (χ2v) is 7.67. The second-order valence-electron chi connectivity index (χ2n) is 7.27. The van der Waals surface area contributed by atoms with Crippen molar-refractivity contribution in [3.63, 3.8) is 0 Å². The Morgan fingerprint density at radius 2 is 1.88 bits per heavy atom. The predicted molar refractivity (Wildman–Crippen MR) is 95.8 cm³/mol. The molecular weight excluding hydrogens is 363 g/mol. The van der Waals surface area contributed by atoms with Crippen LogP contribution in [0.15, 0.2) is 30.3 Å². The summed E-state index contributed by atoms with van der Waals surface area (Å²) in [6.07, 6.45) is -0.997. The van der Waals surface area contributed by atoms with Gasteiger partial charge in [0.1, 0.15) is 0 Å². The molecule has 0 amide bonds. The zero-order chi connectivity index (χ0) is 18.1. The smallest absolute Gasteiger partial charge is 0.366 e. The molecule has 26 heavy (non-hydrogen) atoms. The van der Waals surface area contributed by atoms with Gasteiger partial charge in [-0.2, -0.15) is 13.2 Å². The summed E-state index contributed by atoms with van der Waals surface area (Å²) in [5, 5.41) is 0.393. The largest absolute Gasteiger partial charge is 0.416 e. The van der Waals surface area contributed by atoms with Crippen molar-refractivity contribution in [3.05, 3.63) is 40.9 Å². The third-order valence-corrected chi connectivity index (χ3v) is 5.77. The maximum Gasteiger partial charge on any atom is 0.416 e. The minimum atomic E-state index is -4.39. The van der Waals surface area contributed by atoms with Gasteiger partial charge in [0.05, 0.1) is 22.0 Å². The monoisotopic (exact) mass is 379 g/mol. The maximum atomic E-state index is 13.1. The van der Waals surface area contributed by atoms with Gasteiger partial charge in [-0.3, -0.25) is 0 Å². The van der Waals surface area contributed by atoms with Crippen molar-refractivity contribution in [1.82, 2.24) is 4.98 Å². The van der Waals surface area contributed by atoms with E-state index in [1.54, 1.807) is 6.07 Å². The van der Waals surface area contributed by atoms with E-state index in [4.69, 9.17) is 16.6 Å². The van der Waals surface area contributed by atoms with Crippen LogP contribution in [0.1, 0.15) is 24.8 Å². The number of fused-ring (bicyclic) bond motifs is 4. The number of hydrogen-bond acceptors (Lipinski definition) is 3. The van der Waals surface area contributed by atoms with E-state index in [0.29, 0.717) is 28.4 Å². The third-order valence-electron chi connectivity index (χ3n) is 5.48. The quantitative estimate of drug-likeness (QED) is 0.733. The topological polar surface area (TPSA) is 19.4 Å². The SMILES string of the molecule is FC(F)(F)c1cccc(-c2nc3c(cc2Cl)N2CC[C@@H](C2)N3C2CC2)c1. The standard InChI is InChI=1S/C19H17ClF3N3/c20-15-9-16-18(26(13-4-5-13)14-6-7-25(16)10-14)24-17(15)11-2-1-3-12(8-11)19(21,22)23/h1-3,8-9,13-14H,4-7,10H2/t14-/m0/s1. The molecule has 5 rings (SSSR count). The van der Waals surface area contributed by atoms with Crippen LogP contribution in [-0.2, 0) is 6.18 Å². The molecule has 2 aromatic rings. The summed E-state index contributed by atoms with van der Waals surface area (Å²) in [5.74, 6) is 0.873. The van der Waals surface area contributed by atoms with Crippen molar-refractivity contribution in [2.75, 3.05) is 22.9 Å². The fourth-order valence-corrected chi connectivity index (χ4v) is 4.38. The van der Waals surface area contributed by atoms with Crippen LogP contribution in [0.5, 0.6) is 0 Å². The molecule has 0 unspecified atom stereocenters. The van der Waals surface area contributed by atoms with Crippen LogP contribution in [0.2, 0.25) is 5.02 Å². The number of pyridine rings is 1. The fraction of sp³-hybridized carbons (Fsp3) is 0.421. The third kappa shape index (κ3) is 2.54. The molecular formula is C19H17ClF3N3. The van der Waals surface area contributed by atoms with Crippen LogP contribution >= 0.6 is 11.6 Å². The number of aromatic nitrogens is 1. The summed E-state index contributed by atoms with van der Waals surface area (Å²) in [5.41, 5.74) is 1.14. The molecule has 2 aliphatic heterocycles. The summed E-state index contributed by atoms with van der Waals surface area (Å²) in [6.45, 7) is 1.95. The molecule has 136 valence electrons. The summed E-state index contributed by atoms with van der Waals surface area (Å²) in [4.78, 5) is 9.44. The highest BCUT2D eigenvalue weighted by Gasteiger charge is 2.44. The lowest BCUT2D eigenvalue weighted by molar-refractivity contribution is -0.137. The van der Waals surface area contributed by atoms with Gasteiger partial charge in [-0.1, -0.05) is 23.7 Å². The van der Waals surface area contributed by atoms with E-state index >= 15 is 0 Å². The van der Waals surface area contributed by atoms with Crippen LogP contribution in [0.4, 0.5) is 24.7 Å². The molecule has 2 fully saturated rings. The van der Waals surface area contributed by atoms with E-state index in [9.17, 15) is 13.2 Å². The lowest BCUT2D eigenvalue weighted by atomic mass is 10.1. The molecule has 3 heterocycles. The minimum absolute atomic E-state index is 0.393. The first-order valence-electron chi connectivity index (χ1n) is 8.83. The van der Waals surface area contributed by atoms with Gasteiger partial charge in [0.25, 0.3) is 0 Å². The first kappa shape index (κ1) is 16.2. The molecule has 0 spiro atoms. The number of halogens is 4. The summed E-state index contributed by atoms with van der Waals surface area (Å²) < 4.78 is 39.2. The van der Waals surface area contributed by atoms with Crippen LogP contribution in [0.25, 0.3) is 11.3 Å². The Morgan fingerprint density at radius 3 is 2.62 bits per heavy atom. The highest BCUT2D eigenvalue weighted by atomic mass is 35.5. The Kier molecular flexibility index (Phi) is 3.45. The van der Waals surface area contributed by atoms with Gasteiger partial charge in [0, 0.05) is 30.7 Å². The molecule has 1 aliphatic carbocycles. The Bertz CT molecular complexity index is 879. The molecule has 7 heteroatoms. The van der Waals surface area contributed by atoms with Gasteiger partial charge >= 0.3 is 6.18 Å². The molecule has 3 aliphatic rings. The molecule has 3 nitrogen and oxygen atoms in total. The minimum Gasteiger partial charge on any atom is -0.366 e. The Labute approximate surface area is 154 Å². The Morgan fingerprint density at radius 1 is 1.08 bits per heavy atom. The normalized spacial score (nSPS) is 21.9. The van der Waals surface area contributed by atoms with E-state index < -0.39 is 11.7 Å². The average Bonchev–Trinajstić information content (AvgIpc) is 3.34. The molecule has 1 aromatic heterocycles. The summed E-state index contributed by atoms with van der Waals surface area (Å²) >= 11 is 6.45. The average molecular weight is 380 g/mol. The number of hydrogen-bond donors (Lipinski definition) is 0. The Hall–Kier alpha value is -1.95. The maximum absolute atomic E-state index is 13.1. The van der Waals surface area contributed by atoms with Gasteiger partial charge in [-0.15, -0.1) is 0 Å². The van der Waals surface area contributed by atoms with Gasteiger partial charge in [0.2, 0.25) is 0 Å². The van der Waals surface area contributed by atoms with Crippen LogP contribution in [0, 0.1) is 0 Å². The molecule has 2 bridgehead atoms. The molecule has 1 saturated carbocycles. The van der Waals surface area contributed by atoms with E-state index in [0.717, 1.165) is 56.0 Å². The van der Waals surface area contributed by atoms with E-state index in [2.05, 4.69) is 9.80 Å². The van der Waals surface area contributed by atoms with Gasteiger partial charge in [-0.25, -0.2) is 4.98 Å². The molecule has 0 N–H and O–H groups in total. The van der Waals surface area contributed by atoms with E-state index in [-0.39, 0.29) is 0 Å². The number of benzene rings is 1. The zero-order valence-corrected chi connectivity index (χ0v) is 14.7. The fourth-order valence-electron chi connectivity index (χ4n) is 4.12. The summed E-state index contributed by atoms with van der Waals surface area (Å²) in [6, 6.07) is 8.05. The van der Waals surface area contributed by atoms with Crippen molar-refractivity contribution in [2.45, 2.75) is 37.5 Å². The predicted octanol–water partition coefficient (Wildman–Crippen LogP) is 4.98. The van der Waals surface area contributed by atoms with Gasteiger partial charge < -0.3 is 9.80 Å². The zero-order valence-electron chi connectivity index (χ0n) is 13.9. The first-order chi connectivity index (χ1) is 12.4.